The summed E-state index contributed by atoms with van der Waals surface area (Å²) in [4.78, 5) is 37.6. The molecule has 2 aromatic carbocycles. The molecule has 28 heavy (non-hydrogen) atoms. The van der Waals surface area contributed by atoms with E-state index in [4.69, 9.17) is 9.47 Å². The Balaban J connectivity index is 1.54. The van der Waals surface area contributed by atoms with E-state index in [2.05, 4.69) is 10.3 Å². The lowest BCUT2D eigenvalue weighted by Gasteiger charge is -2.08. The maximum atomic E-state index is 12.1. The Morgan fingerprint density at radius 1 is 1.11 bits per heavy atom. The lowest BCUT2D eigenvalue weighted by Crippen LogP contribution is -2.20. The van der Waals surface area contributed by atoms with Crippen LogP contribution in [0.4, 0.5) is 10.1 Å². The Hall–Kier alpha value is -3.79. The highest BCUT2D eigenvalue weighted by molar-refractivity contribution is 7.18. The number of para-hydroxylation sites is 1. The minimum absolute atomic E-state index is 0.0472. The molecule has 1 N–H and O–H groups in total. The van der Waals surface area contributed by atoms with Crippen molar-refractivity contribution in [1.29, 1.82) is 0 Å². The van der Waals surface area contributed by atoms with Gasteiger partial charge in [0.05, 0.1) is 10.5 Å². The van der Waals surface area contributed by atoms with E-state index in [1.807, 2.05) is 18.2 Å². The lowest BCUT2D eigenvalue weighted by atomic mass is 10.2. The van der Waals surface area contributed by atoms with Crippen molar-refractivity contribution in [2.75, 3.05) is 11.9 Å². The summed E-state index contributed by atoms with van der Waals surface area (Å²) < 4.78 is 10.6. The van der Waals surface area contributed by atoms with Crippen molar-refractivity contribution in [3.63, 3.8) is 0 Å². The van der Waals surface area contributed by atoms with Gasteiger partial charge in [0.15, 0.2) is 11.7 Å². The Labute approximate surface area is 162 Å². The molecule has 3 aromatic rings. The molecule has 1 amide bonds. The zero-order valence-electron chi connectivity index (χ0n) is 14.2. The van der Waals surface area contributed by atoms with Crippen molar-refractivity contribution >= 4 is 33.3 Å². The fourth-order valence-corrected chi connectivity index (χ4v) is 2.74. The zero-order chi connectivity index (χ0) is 19.9. The van der Waals surface area contributed by atoms with Gasteiger partial charge < -0.3 is 9.47 Å². The Kier molecular flexibility index (Phi) is 5.92. The van der Waals surface area contributed by atoms with Crippen molar-refractivity contribution < 1.29 is 24.0 Å². The molecule has 0 radical (unpaired) electrons. The van der Waals surface area contributed by atoms with E-state index < -0.39 is 23.4 Å². The van der Waals surface area contributed by atoms with Crippen LogP contribution in [0.15, 0.2) is 60.8 Å². The van der Waals surface area contributed by atoms with Crippen LogP contribution in [0.3, 0.4) is 0 Å². The number of ether oxygens (including phenoxy) is 2. The number of hydrogen-bond donors (Lipinski definition) is 1. The van der Waals surface area contributed by atoms with Crippen molar-refractivity contribution in [3.05, 3.63) is 76.5 Å². The summed E-state index contributed by atoms with van der Waals surface area (Å²) in [6, 6.07) is 15.4. The van der Waals surface area contributed by atoms with E-state index >= 15 is 0 Å². The van der Waals surface area contributed by atoms with E-state index in [1.54, 1.807) is 24.3 Å². The van der Waals surface area contributed by atoms with Crippen LogP contribution in [0.1, 0.15) is 10.4 Å². The molecule has 0 fully saturated rings. The quantitative estimate of drug-likeness (QED) is 0.366. The van der Waals surface area contributed by atoms with Crippen LogP contribution >= 0.6 is 11.3 Å². The maximum absolute atomic E-state index is 12.1. The number of benzene rings is 2. The zero-order valence-corrected chi connectivity index (χ0v) is 15.0. The molecule has 0 aliphatic carbocycles. The van der Waals surface area contributed by atoms with E-state index in [0.717, 1.165) is 6.20 Å². The largest absolute Gasteiger partial charge is 0.457 e. The highest BCUT2D eigenvalue weighted by atomic mass is 32.1. The molecule has 0 saturated heterocycles. The van der Waals surface area contributed by atoms with Gasteiger partial charge in [-0.1, -0.05) is 24.3 Å². The number of aromatic nitrogens is 1. The number of anilines is 1. The highest BCUT2D eigenvalue weighted by Crippen LogP contribution is 2.25. The van der Waals surface area contributed by atoms with Crippen LogP contribution in [0.25, 0.3) is 0 Å². The molecule has 0 bridgehead atoms. The molecule has 10 heteroatoms. The summed E-state index contributed by atoms with van der Waals surface area (Å²) in [5.74, 6) is -0.307. The number of nitrogens with zero attached hydrogens (tertiary/aromatic N) is 2. The summed E-state index contributed by atoms with van der Waals surface area (Å²) in [7, 11) is 0. The molecule has 0 aliphatic rings. The molecular weight excluding hydrogens is 386 g/mol. The predicted molar refractivity (Wildman–Crippen MR) is 101 cm³/mol. The van der Waals surface area contributed by atoms with Crippen LogP contribution in [0.2, 0.25) is 0 Å². The van der Waals surface area contributed by atoms with Crippen molar-refractivity contribution in [2.24, 2.45) is 0 Å². The van der Waals surface area contributed by atoms with Crippen LogP contribution < -0.4 is 10.1 Å². The van der Waals surface area contributed by atoms with Gasteiger partial charge in [0, 0.05) is 0 Å². The lowest BCUT2D eigenvalue weighted by molar-refractivity contribution is -0.380. The van der Waals surface area contributed by atoms with Gasteiger partial charge in [-0.05, 0) is 41.7 Å². The number of carbonyl (C=O) groups excluding carboxylic acids is 2. The van der Waals surface area contributed by atoms with Crippen molar-refractivity contribution in [1.82, 2.24) is 4.98 Å². The van der Waals surface area contributed by atoms with Gasteiger partial charge in [-0.15, -0.1) is 0 Å². The minimum atomic E-state index is -0.709. The second-order valence-electron chi connectivity index (χ2n) is 5.33. The monoisotopic (exact) mass is 399 g/mol. The van der Waals surface area contributed by atoms with Gasteiger partial charge >= 0.3 is 11.0 Å². The van der Waals surface area contributed by atoms with Gasteiger partial charge in [0.2, 0.25) is 0 Å². The minimum Gasteiger partial charge on any atom is -0.457 e. The molecule has 1 heterocycles. The third-order valence-corrected chi connectivity index (χ3v) is 4.17. The summed E-state index contributed by atoms with van der Waals surface area (Å²) in [5, 5.41) is 12.8. The van der Waals surface area contributed by atoms with Gasteiger partial charge in [-0.25, -0.2) is 9.78 Å². The number of hydrogen-bond acceptors (Lipinski definition) is 8. The molecule has 0 saturated carbocycles. The molecule has 9 nitrogen and oxygen atoms in total. The third kappa shape index (κ3) is 5.11. The van der Waals surface area contributed by atoms with E-state index in [0.29, 0.717) is 22.8 Å². The van der Waals surface area contributed by atoms with Crippen molar-refractivity contribution in [3.8, 4) is 11.5 Å². The van der Waals surface area contributed by atoms with E-state index in [1.165, 1.54) is 12.1 Å². The Morgan fingerprint density at radius 2 is 1.86 bits per heavy atom. The molecule has 0 spiro atoms. The maximum Gasteiger partial charge on any atom is 0.345 e. The van der Waals surface area contributed by atoms with Gasteiger partial charge in [-0.3, -0.25) is 20.2 Å². The fourth-order valence-electron chi connectivity index (χ4n) is 2.09. The molecule has 142 valence electrons. The number of amides is 1. The molecule has 0 atom stereocenters. The number of nitrogens with one attached hydrogen (secondary N) is 1. The first-order valence-electron chi connectivity index (χ1n) is 7.91. The van der Waals surface area contributed by atoms with Crippen molar-refractivity contribution in [2.45, 2.75) is 0 Å². The van der Waals surface area contributed by atoms with Gasteiger partial charge in [0.1, 0.15) is 17.7 Å². The number of thiazole rings is 1. The van der Waals surface area contributed by atoms with Gasteiger partial charge in [0.25, 0.3) is 5.91 Å². The van der Waals surface area contributed by atoms with E-state index in [-0.39, 0.29) is 15.7 Å². The highest BCUT2D eigenvalue weighted by Gasteiger charge is 2.15. The molecule has 0 unspecified atom stereocenters. The first-order valence-corrected chi connectivity index (χ1v) is 8.73. The number of esters is 1. The first kappa shape index (κ1) is 19.0. The number of carbonyl (C=O) groups is 2. The smallest absolute Gasteiger partial charge is 0.345 e. The van der Waals surface area contributed by atoms with Crippen LogP contribution in [0.5, 0.6) is 11.5 Å². The standard InChI is InChI=1S/C18H13N3O6S/c22-15(20-18-19-10-16(28-18)21(24)25)11-26-17(23)12-5-4-8-14(9-12)27-13-6-2-1-3-7-13/h1-10H,11H2,(H,19,20,22). The van der Waals surface area contributed by atoms with Crippen LogP contribution in [-0.4, -0.2) is 28.4 Å². The first-order chi connectivity index (χ1) is 13.5. The fraction of sp³-hybridized carbons (Fsp3) is 0.0556. The molecule has 0 aliphatic heterocycles. The average Bonchev–Trinajstić information content (AvgIpc) is 3.16. The Morgan fingerprint density at radius 3 is 2.57 bits per heavy atom. The van der Waals surface area contributed by atoms with Crippen LogP contribution in [0, 0.1) is 10.1 Å². The SMILES string of the molecule is O=C(COC(=O)c1cccc(Oc2ccccc2)c1)Nc1ncc([N+](=O)[O-])s1. The summed E-state index contributed by atoms with van der Waals surface area (Å²) >= 11 is 0.704. The third-order valence-electron chi connectivity index (χ3n) is 3.30. The average molecular weight is 399 g/mol. The Bertz CT molecular complexity index is 1010. The van der Waals surface area contributed by atoms with Crippen LogP contribution in [-0.2, 0) is 9.53 Å². The molecule has 3 rings (SSSR count). The van der Waals surface area contributed by atoms with E-state index in [9.17, 15) is 19.7 Å². The number of nitro groups is 1. The van der Waals surface area contributed by atoms with Gasteiger partial charge in [-0.2, -0.15) is 0 Å². The number of rotatable bonds is 7. The predicted octanol–water partition coefficient (Wildman–Crippen LogP) is 3.64. The molecule has 1 aromatic heterocycles. The normalized spacial score (nSPS) is 10.1. The second kappa shape index (κ2) is 8.73. The summed E-state index contributed by atoms with van der Waals surface area (Å²) in [6.45, 7) is -0.560. The summed E-state index contributed by atoms with van der Waals surface area (Å²) in [5.41, 5.74) is 0.214. The topological polar surface area (TPSA) is 121 Å². The second-order valence-corrected chi connectivity index (χ2v) is 6.34. The molecular formula is C18H13N3O6S. The summed E-state index contributed by atoms with van der Waals surface area (Å²) in [6.07, 6.45) is 1.03.